The van der Waals surface area contributed by atoms with E-state index in [1.807, 2.05) is 0 Å². The molecule has 228 valence electrons. The highest BCUT2D eigenvalue weighted by atomic mass is 19.4. The highest BCUT2D eigenvalue weighted by Crippen LogP contribution is 2.25. The molecule has 0 aromatic heterocycles. The summed E-state index contributed by atoms with van der Waals surface area (Å²) < 4.78 is 46.8. The smallest absolute Gasteiger partial charge is 0.406 e. The van der Waals surface area contributed by atoms with Crippen molar-refractivity contribution in [1.29, 1.82) is 0 Å². The lowest BCUT2D eigenvalue weighted by Gasteiger charge is -2.27. The summed E-state index contributed by atoms with van der Waals surface area (Å²) in [6, 6.07) is 18.3. The molecule has 1 fully saturated rings. The summed E-state index contributed by atoms with van der Waals surface area (Å²) in [5, 5.41) is 8.79. The molecule has 1 aliphatic heterocycles. The van der Waals surface area contributed by atoms with Gasteiger partial charge < -0.3 is 31.2 Å². The fourth-order valence-corrected chi connectivity index (χ4v) is 4.45. The number of halogens is 3. The number of anilines is 3. The topological polar surface area (TPSA) is 118 Å². The van der Waals surface area contributed by atoms with Gasteiger partial charge in [0.05, 0.1) is 24.6 Å². The van der Waals surface area contributed by atoms with Crippen LogP contribution in [0.3, 0.4) is 0 Å². The summed E-state index contributed by atoms with van der Waals surface area (Å²) in [5.41, 5.74) is 8.59. The number of nitrogens with zero attached hydrogens (tertiary/aromatic N) is 1. The molecule has 0 radical (unpaired) electrons. The predicted octanol–water partition coefficient (Wildman–Crippen LogP) is 4.81. The number of carbonyl (C=O) groups is 2. The number of nitrogens with one attached hydrogen (secondary N) is 3. The first-order chi connectivity index (χ1) is 20.7. The Morgan fingerprint density at radius 1 is 0.977 bits per heavy atom. The van der Waals surface area contributed by atoms with Gasteiger partial charge in [-0.05, 0) is 73.1 Å². The summed E-state index contributed by atoms with van der Waals surface area (Å²) in [4.78, 5) is 28.0. The van der Waals surface area contributed by atoms with Crippen molar-refractivity contribution >= 4 is 35.0 Å². The minimum atomic E-state index is -4.80. The molecule has 5 N–H and O–H groups in total. The van der Waals surface area contributed by atoms with Crippen LogP contribution in [0.1, 0.15) is 23.6 Å². The second-order valence-electron chi connectivity index (χ2n) is 9.83. The van der Waals surface area contributed by atoms with Crippen LogP contribution in [-0.2, 0) is 14.3 Å². The number of hydrogen-bond acceptors (Lipinski definition) is 7. The number of para-hydroxylation sites is 2. The number of hydrogen-bond donors (Lipinski definition) is 4. The molecule has 1 heterocycles. The first kappa shape index (κ1) is 31.5. The van der Waals surface area contributed by atoms with E-state index in [1.165, 1.54) is 18.2 Å². The average molecular weight is 598 g/mol. The van der Waals surface area contributed by atoms with Crippen LogP contribution in [0.2, 0.25) is 0 Å². The summed E-state index contributed by atoms with van der Waals surface area (Å²) in [6.07, 6.45) is -0.966. The minimum absolute atomic E-state index is 0.323. The van der Waals surface area contributed by atoms with E-state index in [2.05, 4.69) is 25.6 Å². The lowest BCUT2D eigenvalue weighted by Crippen LogP contribution is -2.39. The SMILES string of the molecule is Nc1ccccc1NC(=O)C=Cc1ccc(C(NCCCN2CCOCC2)C(=O)Nc2ccc(OC(F)(F)F)cc2)cc1. The van der Waals surface area contributed by atoms with Crippen LogP contribution in [0.15, 0.2) is 78.9 Å². The largest absolute Gasteiger partial charge is 0.573 e. The molecule has 0 aliphatic carbocycles. The Balaban J connectivity index is 1.40. The minimum Gasteiger partial charge on any atom is -0.406 e. The number of nitrogen functional groups attached to an aromatic ring is 1. The van der Waals surface area contributed by atoms with E-state index in [9.17, 15) is 22.8 Å². The molecule has 0 spiro atoms. The highest BCUT2D eigenvalue weighted by Gasteiger charge is 2.31. The van der Waals surface area contributed by atoms with Crippen molar-refractivity contribution in [1.82, 2.24) is 10.2 Å². The summed E-state index contributed by atoms with van der Waals surface area (Å²) in [6.45, 7) is 4.54. The molecular formula is C31H34F3N5O4. The summed E-state index contributed by atoms with van der Waals surface area (Å²) in [7, 11) is 0. The van der Waals surface area contributed by atoms with Gasteiger partial charge in [0, 0.05) is 24.9 Å². The lowest BCUT2D eigenvalue weighted by atomic mass is 10.0. The maximum atomic E-state index is 13.3. The zero-order chi connectivity index (χ0) is 30.7. The Kier molecular flexibility index (Phi) is 11.1. The van der Waals surface area contributed by atoms with E-state index in [1.54, 1.807) is 54.6 Å². The second-order valence-corrected chi connectivity index (χ2v) is 9.83. The number of amides is 2. The van der Waals surface area contributed by atoms with Crippen molar-refractivity contribution in [2.45, 2.75) is 18.8 Å². The van der Waals surface area contributed by atoms with Gasteiger partial charge in [0.25, 0.3) is 0 Å². The first-order valence-electron chi connectivity index (χ1n) is 13.8. The van der Waals surface area contributed by atoms with Crippen LogP contribution in [0, 0.1) is 0 Å². The number of morpholine rings is 1. The van der Waals surface area contributed by atoms with Crippen LogP contribution in [-0.4, -0.2) is 62.5 Å². The average Bonchev–Trinajstić information content (AvgIpc) is 2.98. The number of benzene rings is 3. The number of rotatable bonds is 12. The third-order valence-electron chi connectivity index (χ3n) is 6.64. The van der Waals surface area contributed by atoms with Crippen molar-refractivity contribution in [3.8, 4) is 5.75 Å². The van der Waals surface area contributed by atoms with Crippen molar-refractivity contribution in [3.63, 3.8) is 0 Å². The van der Waals surface area contributed by atoms with Gasteiger partial charge in [-0.2, -0.15) is 0 Å². The van der Waals surface area contributed by atoms with Crippen LogP contribution in [0.25, 0.3) is 6.08 Å². The molecule has 1 aliphatic rings. The standard InChI is InChI=1S/C31H34F3N5O4/c32-31(33,34)43-25-13-11-24(12-14-25)37-30(41)29(36-16-3-17-39-18-20-42-21-19-39)23-9-6-22(7-10-23)8-15-28(40)38-27-5-2-1-4-26(27)35/h1-2,4-15,29,36H,3,16-21,35H2,(H,37,41)(H,38,40). The van der Waals surface area contributed by atoms with Gasteiger partial charge in [0.1, 0.15) is 11.8 Å². The van der Waals surface area contributed by atoms with E-state index < -0.39 is 12.4 Å². The molecular weight excluding hydrogens is 563 g/mol. The molecule has 3 aromatic carbocycles. The fourth-order valence-electron chi connectivity index (χ4n) is 4.45. The Hall–Kier alpha value is -4.39. The maximum absolute atomic E-state index is 13.3. The number of nitrogens with two attached hydrogens (primary N) is 1. The number of carbonyl (C=O) groups excluding carboxylic acids is 2. The predicted molar refractivity (Wildman–Crippen MR) is 159 cm³/mol. The van der Waals surface area contributed by atoms with Gasteiger partial charge in [0.2, 0.25) is 11.8 Å². The van der Waals surface area contributed by atoms with Crippen molar-refractivity contribution in [2.75, 3.05) is 55.8 Å². The molecule has 2 amide bonds. The van der Waals surface area contributed by atoms with Crippen LogP contribution in [0.5, 0.6) is 5.75 Å². The van der Waals surface area contributed by atoms with Crippen molar-refractivity contribution in [3.05, 3.63) is 90.0 Å². The Bertz CT molecular complexity index is 1380. The normalized spacial score (nSPS) is 14.8. The van der Waals surface area contributed by atoms with Crippen LogP contribution in [0.4, 0.5) is 30.2 Å². The van der Waals surface area contributed by atoms with Gasteiger partial charge in [-0.25, -0.2) is 0 Å². The fraction of sp³-hybridized carbons (Fsp3) is 0.290. The molecule has 4 rings (SSSR count). The molecule has 1 saturated heterocycles. The molecule has 9 nitrogen and oxygen atoms in total. The van der Waals surface area contributed by atoms with Crippen LogP contribution >= 0.6 is 0 Å². The van der Waals surface area contributed by atoms with Gasteiger partial charge in [-0.1, -0.05) is 36.4 Å². The summed E-state index contributed by atoms with van der Waals surface area (Å²) in [5.74, 6) is -1.10. The third-order valence-corrected chi connectivity index (χ3v) is 6.64. The quantitative estimate of drug-likeness (QED) is 0.135. The molecule has 12 heteroatoms. The Morgan fingerprint density at radius 2 is 1.67 bits per heavy atom. The zero-order valence-corrected chi connectivity index (χ0v) is 23.4. The summed E-state index contributed by atoms with van der Waals surface area (Å²) >= 11 is 0. The zero-order valence-electron chi connectivity index (χ0n) is 23.4. The second kappa shape index (κ2) is 15.2. The number of alkyl halides is 3. The molecule has 0 bridgehead atoms. The highest BCUT2D eigenvalue weighted by molar-refractivity contribution is 6.03. The van der Waals surface area contributed by atoms with Gasteiger partial charge in [-0.3, -0.25) is 14.5 Å². The molecule has 1 unspecified atom stereocenters. The molecule has 3 aromatic rings. The van der Waals surface area contributed by atoms with Crippen molar-refractivity contribution in [2.24, 2.45) is 0 Å². The Labute approximate surface area is 247 Å². The maximum Gasteiger partial charge on any atom is 0.573 e. The monoisotopic (exact) mass is 597 g/mol. The van der Waals surface area contributed by atoms with Gasteiger partial charge >= 0.3 is 6.36 Å². The van der Waals surface area contributed by atoms with Gasteiger partial charge in [-0.15, -0.1) is 13.2 Å². The van der Waals surface area contributed by atoms with E-state index in [4.69, 9.17) is 10.5 Å². The lowest BCUT2D eigenvalue weighted by molar-refractivity contribution is -0.274. The van der Waals surface area contributed by atoms with E-state index in [0.29, 0.717) is 42.4 Å². The van der Waals surface area contributed by atoms with E-state index in [0.717, 1.165) is 43.8 Å². The molecule has 1 atom stereocenters. The van der Waals surface area contributed by atoms with Gasteiger partial charge in [0.15, 0.2) is 0 Å². The molecule has 0 saturated carbocycles. The van der Waals surface area contributed by atoms with Crippen molar-refractivity contribution < 1.29 is 32.2 Å². The van der Waals surface area contributed by atoms with Crippen LogP contribution < -0.4 is 26.4 Å². The van der Waals surface area contributed by atoms with E-state index >= 15 is 0 Å². The first-order valence-corrected chi connectivity index (χ1v) is 13.8. The Morgan fingerprint density at radius 3 is 2.35 bits per heavy atom. The third kappa shape index (κ3) is 10.4. The molecule has 43 heavy (non-hydrogen) atoms. The number of ether oxygens (including phenoxy) is 2. The van der Waals surface area contributed by atoms with E-state index in [-0.39, 0.29) is 17.6 Å².